The third kappa shape index (κ3) is 39.7. The molecule has 0 fully saturated rings. The van der Waals surface area contributed by atoms with E-state index in [2.05, 4.69) is 0 Å². The van der Waals surface area contributed by atoms with Crippen LogP contribution in [0.15, 0.2) is 0 Å². The van der Waals surface area contributed by atoms with Crippen LogP contribution in [-0.2, 0) is 33.6 Å². The maximum Gasteiger partial charge on any atom is 0.336 e. The van der Waals surface area contributed by atoms with E-state index in [1.54, 1.807) is 0 Å². The minimum Gasteiger partial charge on any atom is -0.481 e. The minimum atomic E-state index is -2.74. The Kier molecular flexibility index (Phi) is 27.6. The monoisotopic (exact) mass is 546 g/mol. The number of unbranched alkanes of at least 4 members (excludes halogenated alkanes) is 2. The molecule has 0 rings (SSSR count). The lowest BCUT2D eigenvalue weighted by Crippen LogP contribution is -2.42. The number of aliphatic carboxylic acids is 7. The van der Waals surface area contributed by atoms with Gasteiger partial charge in [-0.3, -0.25) is 28.8 Å². The molecule has 0 aliphatic rings. The molecule has 0 spiro atoms. The third-order valence-corrected chi connectivity index (χ3v) is 3.44. The van der Waals surface area contributed by atoms with Crippen LogP contribution in [0.3, 0.4) is 0 Å². The predicted molar refractivity (Wildman–Crippen MR) is 119 cm³/mol. The Hall–Kier alpha value is -3.83. The van der Waals surface area contributed by atoms with Crippen molar-refractivity contribution in [1.29, 1.82) is 0 Å². The van der Waals surface area contributed by atoms with Crippen LogP contribution in [0, 0.1) is 0 Å². The fraction of sp³-hybridized carbons (Fsp3) is 0.650. The number of carbonyl (C=O) groups is 7. The van der Waals surface area contributed by atoms with E-state index in [0.29, 0.717) is 12.8 Å². The van der Waals surface area contributed by atoms with Crippen LogP contribution in [0.1, 0.15) is 64.2 Å². The first-order chi connectivity index (χ1) is 16.9. The molecule has 17 heteroatoms. The molecule has 0 aromatic heterocycles. The Morgan fingerprint density at radius 3 is 0.865 bits per heavy atom. The van der Waals surface area contributed by atoms with Crippen LogP contribution in [0.25, 0.3) is 0 Å². The molecule has 216 valence electrons. The smallest absolute Gasteiger partial charge is 0.336 e. The van der Waals surface area contributed by atoms with E-state index < -0.39 is 60.2 Å². The molecule has 0 saturated carbocycles. The van der Waals surface area contributed by atoms with E-state index in [-0.39, 0.29) is 38.9 Å². The molecule has 0 amide bonds. The van der Waals surface area contributed by atoms with E-state index >= 15 is 0 Å². The number of aliphatic hydroxyl groups excluding tert-OH is 2. The lowest BCUT2D eigenvalue weighted by molar-refractivity contribution is -0.170. The van der Waals surface area contributed by atoms with Crippen molar-refractivity contribution in [2.75, 3.05) is 13.2 Å². The normalized spacial score (nSPS) is 9.59. The van der Waals surface area contributed by atoms with Gasteiger partial charge in [0.1, 0.15) is 0 Å². The van der Waals surface area contributed by atoms with Gasteiger partial charge in [-0.1, -0.05) is 0 Å². The summed E-state index contributed by atoms with van der Waals surface area (Å²) in [5, 5.41) is 82.0. The van der Waals surface area contributed by atoms with Crippen LogP contribution >= 0.6 is 0 Å². The Bertz CT molecular complexity index is 666. The molecule has 0 aromatic carbocycles. The summed E-state index contributed by atoms with van der Waals surface area (Å²) < 4.78 is 0. The van der Waals surface area contributed by atoms with Gasteiger partial charge in [0.2, 0.25) is 0 Å². The van der Waals surface area contributed by atoms with Gasteiger partial charge in [0.05, 0.1) is 25.7 Å². The van der Waals surface area contributed by atoms with Gasteiger partial charge in [0.25, 0.3) is 0 Å². The molecule has 0 aromatic rings. The predicted octanol–water partition coefficient (Wildman–Crippen LogP) is -0.845. The van der Waals surface area contributed by atoms with Gasteiger partial charge >= 0.3 is 41.8 Å². The van der Waals surface area contributed by atoms with Gasteiger partial charge < -0.3 is 51.1 Å². The van der Waals surface area contributed by atoms with Crippen molar-refractivity contribution < 1.29 is 84.6 Å². The number of hydrogen-bond acceptors (Lipinski definition) is 10. The highest BCUT2D eigenvalue weighted by Crippen LogP contribution is 2.15. The van der Waals surface area contributed by atoms with Gasteiger partial charge in [-0.25, -0.2) is 4.79 Å². The highest BCUT2D eigenvalue weighted by Gasteiger charge is 2.40. The summed E-state index contributed by atoms with van der Waals surface area (Å²) in [4.78, 5) is 69.6. The lowest BCUT2D eigenvalue weighted by Gasteiger charge is -2.18. The first-order valence-electron chi connectivity index (χ1n) is 10.4. The number of hydrogen-bond donors (Lipinski definition) is 10. The fourth-order valence-corrected chi connectivity index (χ4v) is 1.70. The molecular formula is C20H34O17. The molecule has 10 N–H and O–H groups in total. The first-order valence-corrected chi connectivity index (χ1v) is 10.4. The van der Waals surface area contributed by atoms with Crippen LogP contribution in [0.5, 0.6) is 0 Å². The molecule has 0 bridgehead atoms. The Balaban J connectivity index is -0.000000204. The number of carboxylic acid groups (broad SMARTS) is 7. The summed E-state index contributed by atoms with van der Waals surface area (Å²) in [6.07, 6.45) is -0.426. The number of carboxylic acids is 7. The van der Waals surface area contributed by atoms with Crippen molar-refractivity contribution in [2.24, 2.45) is 0 Å². The molecule has 17 nitrogen and oxygen atoms in total. The molecule has 0 radical (unpaired) electrons. The summed E-state index contributed by atoms with van der Waals surface area (Å²) >= 11 is 0. The van der Waals surface area contributed by atoms with Crippen LogP contribution in [0.4, 0.5) is 0 Å². The topological polar surface area (TPSA) is 322 Å². The van der Waals surface area contributed by atoms with Crippen LogP contribution in [0.2, 0.25) is 0 Å². The summed E-state index contributed by atoms with van der Waals surface area (Å²) in [6, 6.07) is 0. The molecule has 0 aliphatic heterocycles. The first kappa shape index (κ1) is 40.3. The van der Waals surface area contributed by atoms with Crippen LogP contribution < -0.4 is 0 Å². The van der Waals surface area contributed by atoms with Crippen molar-refractivity contribution in [3.05, 3.63) is 0 Å². The molecule has 37 heavy (non-hydrogen) atoms. The zero-order valence-corrected chi connectivity index (χ0v) is 19.8. The average Bonchev–Trinajstić information content (AvgIpc) is 2.73. The molecule has 0 atom stereocenters. The molecule has 0 heterocycles. The standard InChI is InChI=1S/C6H8O7.C6H10O4.C4H6O4.C4H10O2/c7-3(8)1-6(13,5(11)12)2-4(9)10;7-5(8)3-1-2-4-6(9)10;5-3(6)1-2-4(7)8;5-3-1-2-4-6/h13H,1-2H2,(H,7,8)(H,9,10)(H,11,12);1-4H2,(H,7,8)(H,9,10);1-2H2,(H,5,6)(H,7,8);5-6H,1-4H2. The highest BCUT2D eigenvalue weighted by molar-refractivity contribution is 5.88. The largest absolute Gasteiger partial charge is 0.481 e. The molecular weight excluding hydrogens is 512 g/mol. The molecule has 0 aliphatic carbocycles. The molecule has 0 saturated heterocycles. The van der Waals surface area contributed by atoms with E-state index in [9.17, 15) is 33.6 Å². The average molecular weight is 546 g/mol. The zero-order chi connectivity index (χ0) is 30.0. The second kappa shape index (κ2) is 25.3. The van der Waals surface area contributed by atoms with Gasteiger partial charge in [-0.05, 0) is 25.7 Å². The fourth-order valence-electron chi connectivity index (χ4n) is 1.70. The van der Waals surface area contributed by atoms with Crippen LogP contribution in [-0.4, -0.2) is 112 Å². The van der Waals surface area contributed by atoms with Crippen molar-refractivity contribution in [2.45, 2.75) is 69.8 Å². The number of aliphatic hydroxyl groups is 3. The summed E-state index contributed by atoms with van der Waals surface area (Å²) in [6.45, 7) is 0.390. The van der Waals surface area contributed by atoms with E-state index in [1.165, 1.54) is 0 Å². The Morgan fingerprint density at radius 2 is 0.703 bits per heavy atom. The minimum absolute atomic E-state index is 0.0628. The van der Waals surface area contributed by atoms with Crippen molar-refractivity contribution in [3.63, 3.8) is 0 Å². The van der Waals surface area contributed by atoms with Crippen molar-refractivity contribution in [3.8, 4) is 0 Å². The molecule has 0 unspecified atom stereocenters. The second-order valence-electron chi connectivity index (χ2n) is 6.91. The summed E-state index contributed by atoms with van der Waals surface area (Å²) in [7, 11) is 0. The van der Waals surface area contributed by atoms with Gasteiger partial charge in [0, 0.05) is 26.1 Å². The number of rotatable bonds is 16. The Labute approximate surface area is 210 Å². The second-order valence-corrected chi connectivity index (χ2v) is 6.91. The zero-order valence-electron chi connectivity index (χ0n) is 19.8. The van der Waals surface area contributed by atoms with E-state index in [0.717, 1.165) is 12.8 Å². The Morgan fingerprint density at radius 1 is 0.432 bits per heavy atom. The van der Waals surface area contributed by atoms with Gasteiger partial charge in [-0.2, -0.15) is 0 Å². The quantitative estimate of drug-likeness (QED) is 0.105. The maximum atomic E-state index is 10.3. The van der Waals surface area contributed by atoms with E-state index in [1.807, 2.05) is 0 Å². The van der Waals surface area contributed by atoms with Crippen molar-refractivity contribution in [1.82, 2.24) is 0 Å². The van der Waals surface area contributed by atoms with Crippen molar-refractivity contribution >= 4 is 41.8 Å². The maximum absolute atomic E-state index is 10.3. The SMILES string of the molecule is O=C(O)CC(O)(CC(=O)O)C(=O)O.O=C(O)CCC(=O)O.O=C(O)CCCCC(=O)O.OCCCCO. The highest BCUT2D eigenvalue weighted by atomic mass is 16.4. The summed E-state index contributed by atoms with van der Waals surface area (Å²) in [5.41, 5.74) is -2.74. The third-order valence-electron chi connectivity index (χ3n) is 3.44. The van der Waals surface area contributed by atoms with Gasteiger partial charge in [-0.15, -0.1) is 0 Å². The van der Waals surface area contributed by atoms with E-state index in [4.69, 9.17) is 51.1 Å². The lowest BCUT2D eigenvalue weighted by atomic mass is 9.96. The van der Waals surface area contributed by atoms with Gasteiger partial charge in [0.15, 0.2) is 5.60 Å². The summed E-state index contributed by atoms with van der Waals surface area (Å²) in [5.74, 6) is -8.91.